The summed E-state index contributed by atoms with van der Waals surface area (Å²) in [7, 11) is 0. The van der Waals surface area contributed by atoms with Gasteiger partial charge in [0.1, 0.15) is 0 Å². The Hall–Kier alpha value is -2.10. The normalized spacial score (nSPS) is 24.1. The Morgan fingerprint density at radius 2 is 1.75 bits per heavy atom. The van der Waals surface area contributed by atoms with Gasteiger partial charge in [-0.25, -0.2) is 4.79 Å². The Bertz CT molecular complexity index is 575. The van der Waals surface area contributed by atoms with Crippen LogP contribution < -0.4 is 5.32 Å². The molecule has 2 rings (SSSR count). The van der Waals surface area contributed by atoms with Crippen molar-refractivity contribution in [3.63, 3.8) is 0 Å². The zero-order valence-corrected chi connectivity index (χ0v) is 11.9. The van der Waals surface area contributed by atoms with Gasteiger partial charge < -0.3 is 10.4 Å². The average Bonchev–Trinajstić information content (AvgIpc) is 2.63. The predicted molar refractivity (Wildman–Crippen MR) is 77.3 cm³/mol. The number of carbonyl (C=O) groups is 2. The Morgan fingerprint density at radius 1 is 1.15 bits per heavy atom. The Labute approximate surface area is 118 Å². The molecule has 0 aliphatic heterocycles. The van der Waals surface area contributed by atoms with Crippen LogP contribution in [0.25, 0.3) is 0 Å². The van der Waals surface area contributed by atoms with Crippen LogP contribution in [-0.2, 0) is 9.59 Å². The highest BCUT2D eigenvalue weighted by Crippen LogP contribution is 2.53. The largest absolute Gasteiger partial charge is 0.478 e. The zero-order chi connectivity index (χ0) is 15.0. The SMILES string of the molecule is CC1(C)C(C(=O)O)=CC[C@]1(C)C(=O)Nc1ccccc1. The molecule has 0 radical (unpaired) electrons. The quantitative estimate of drug-likeness (QED) is 0.889. The molecule has 0 aromatic heterocycles. The Kier molecular flexibility index (Phi) is 3.42. The molecule has 0 saturated carbocycles. The van der Waals surface area contributed by atoms with Crippen molar-refractivity contribution >= 4 is 17.6 Å². The standard InChI is InChI=1S/C16H19NO3/c1-15(2)12(13(18)19)9-10-16(15,3)14(20)17-11-7-5-4-6-8-11/h4-9H,10H2,1-3H3,(H,17,20)(H,18,19)/t16-/m1/s1. The van der Waals surface area contributed by atoms with E-state index < -0.39 is 16.8 Å². The molecule has 0 spiro atoms. The number of carboxylic acid groups (broad SMARTS) is 1. The van der Waals surface area contributed by atoms with E-state index in [-0.39, 0.29) is 5.91 Å². The van der Waals surface area contributed by atoms with E-state index in [0.29, 0.717) is 12.0 Å². The van der Waals surface area contributed by atoms with Crippen molar-refractivity contribution < 1.29 is 14.7 Å². The van der Waals surface area contributed by atoms with Crippen molar-refractivity contribution in [3.05, 3.63) is 42.0 Å². The number of hydrogen-bond acceptors (Lipinski definition) is 2. The van der Waals surface area contributed by atoms with E-state index in [0.717, 1.165) is 5.69 Å². The number of nitrogens with one attached hydrogen (secondary N) is 1. The molecular weight excluding hydrogens is 254 g/mol. The maximum atomic E-state index is 12.6. The van der Waals surface area contributed by atoms with Crippen molar-refractivity contribution in [2.75, 3.05) is 5.32 Å². The molecule has 2 N–H and O–H groups in total. The molecule has 4 heteroatoms. The summed E-state index contributed by atoms with van der Waals surface area (Å²) in [6.07, 6.45) is 2.09. The third-order valence-electron chi connectivity index (χ3n) is 4.53. The van der Waals surface area contributed by atoms with Crippen LogP contribution in [0.15, 0.2) is 42.0 Å². The maximum Gasteiger partial charge on any atom is 0.331 e. The number of amides is 1. The number of carbonyl (C=O) groups excluding carboxylic acids is 1. The van der Waals surface area contributed by atoms with E-state index in [2.05, 4.69) is 5.32 Å². The fourth-order valence-electron chi connectivity index (χ4n) is 2.64. The molecule has 0 saturated heterocycles. The first kappa shape index (κ1) is 14.3. The second-order valence-corrected chi connectivity index (χ2v) is 5.90. The number of rotatable bonds is 3. The first-order valence-corrected chi connectivity index (χ1v) is 6.59. The lowest BCUT2D eigenvalue weighted by Crippen LogP contribution is -2.44. The van der Waals surface area contributed by atoms with E-state index in [1.165, 1.54) is 0 Å². The third kappa shape index (κ3) is 2.11. The number of hydrogen-bond donors (Lipinski definition) is 2. The second kappa shape index (κ2) is 4.78. The predicted octanol–water partition coefficient (Wildman–Crippen LogP) is 3.07. The number of benzene rings is 1. The molecule has 4 nitrogen and oxygen atoms in total. The van der Waals surface area contributed by atoms with Gasteiger partial charge >= 0.3 is 5.97 Å². The minimum atomic E-state index is -0.953. The summed E-state index contributed by atoms with van der Waals surface area (Å²) in [6.45, 7) is 5.44. The van der Waals surface area contributed by atoms with Crippen LogP contribution >= 0.6 is 0 Å². The number of allylic oxidation sites excluding steroid dienone is 1. The van der Waals surface area contributed by atoms with Crippen molar-refractivity contribution in [3.8, 4) is 0 Å². The van der Waals surface area contributed by atoms with Crippen LogP contribution in [-0.4, -0.2) is 17.0 Å². The van der Waals surface area contributed by atoms with Crippen LogP contribution in [0.3, 0.4) is 0 Å². The first-order chi connectivity index (χ1) is 9.29. The molecule has 0 fully saturated rings. The zero-order valence-electron chi connectivity index (χ0n) is 11.9. The minimum absolute atomic E-state index is 0.152. The van der Waals surface area contributed by atoms with E-state index in [1.54, 1.807) is 6.08 Å². The number of carboxylic acids is 1. The van der Waals surface area contributed by atoms with Crippen LogP contribution in [0.2, 0.25) is 0 Å². The van der Waals surface area contributed by atoms with Crippen LogP contribution in [0, 0.1) is 10.8 Å². The molecular formula is C16H19NO3. The fraction of sp³-hybridized carbons (Fsp3) is 0.375. The summed E-state index contributed by atoms with van der Waals surface area (Å²) in [6, 6.07) is 9.20. The van der Waals surface area contributed by atoms with E-state index in [9.17, 15) is 14.7 Å². The summed E-state index contributed by atoms with van der Waals surface area (Å²) < 4.78 is 0. The molecule has 1 aliphatic rings. The molecule has 0 heterocycles. The number of aliphatic carboxylic acids is 1. The molecule has 1 aromatic carbocycles. The van der Waals surface area contributed by atoms with Gasteiger partial charge in [0.25, 0.3) is 0 Å². The topological polar surface area (TPSA) is 66.4 Å². The Balaban J connectivity index is 2.25. The number of para-hydroxylation sites is 1. The summed E-state index contributed by atoms with van der Waals surface area (Å²) in [5, 5.41) is 12.1. The molecule has 1 aliphatic carbocycles. The van der Waals surface area contributed by atoms with Gasteiger partial charge in [-0.2, -0.15) is 0 Å². The van der Waals surface area contributed by atoms with E-state index >= 15 is 0 Å². The summed E-state index contributed by atoms with van der Waals surface area (Å²) in [4.78, 5) is 23.9. The summed E-state index contributed by atoms with van der Waals surface area (Å²) >= 11 is 0. The van der Waals surface area contributed by atoms with Gasteiger partial charge in [0.15, 0.2) is 0 Å². The van der Waals surface area contributed by atoms with Gasteiger partial charge in [-0.1, -0.05) is 38.1 Å². The van der Waals surface area contributed by atoms with E-state index in [1.807, 2.05) is 51.1 Å². The van der Waals surface area contributed by atoms with Crippen molar-refractivity contribution in [2.24, 2.45) is 10.8 Å². The monoisotopic (exact) mass is 273 g/mol. The van der Waals surface area contributed by atoms with Gasteiger partial charge in [-0.3, -0.25) is 4.79 Å². The molecule has 0 bridgehead atoms. The fourth-order valence-corrected chi connectivity index (χ4v) is 2.64. The van der Waals surface area contributed by atoms with Crippen molar-refractivity contribution in [1.29, 1.82) is 0 Å². The van der Waals surface area contributed by atoms with Gasteiger partial charge in [-0.05, 0) is 25.5 Å². The van der Waals surface area contributed by atoms with Crippen LogP contribution in [0.5, 0.6) is 0 Å². The lowest BCUT2D eigenvalue weighted by Gasteiger charge is -2.38. The highest BCUT2D eigenvalue weighted by Gasteiger charge is 2.53. The van der Waals surface area contributed by atoms with Gasteiger partial charge in [0.2, 0.25) is 5.91 Å². The lowest BCUT2D eigenvalue weighted by molar-refractivity contribution is -0.135. The van der Waals surface area contributed by atoms with Gasteiger partial charge in [0, 0.05) is 16.7 Å². The second-order valence-electron chi connectivity index (χ2n) is 5.90. The highest BCUT2D eigenvalue weighted by molar-refractivity contribution is 5.99. The molecule has 1 atom stereocenters. The van der Waals surface area contributed by atoms with Gasteiger partial charge in [-0.15, -0.1) is 0 Å². The van der Waals surface area contributed by atoms with Crippen LogP contribution in [0.4, 0.5) is 5.69 Å². The molecule has 106 valence electrons. The molecule has 0 unspecified atom stereocenters. The maximum absolute atomic E-state index is 12.6. The van der Waals surface area contributed by atoms with Crippen molar-refractivity contribution in [2.45, 2.75) is 27.2 Å². The Morgan fingerprint density at radius 3 is 2.25 bits per heavy atom. The number of anilines is 1. The minimum Gasteiger partial charge on any atom is -0.478 e. The van der Waals surface area contributed by atoms with E-state index in [4.69, 9.17) is 0 Å². The third-order valence-corrected chi connectivity index (χ3v) is 4.53. The molecule has 20 heavy (non-hydrogen) atoms. The molecule has 1 amide bonds. The lowest BCUT2D eigenvalue weighted by atomic mass is 9.65. The average molecular weight is 273 g/mol. The summed E-state index contributed by atoms with van der Waals surface area (Å²) in [5.74, 6) is -1.10. The molecule has 1 aromatic rings. The smallest absolute Gasteiger partial charge is 0.331 e. The van der Waals surface area contributed by atoms with Gasteiger partial charge in [0.05, 0.1) is 5.41 Å². The summed E-state index contributed by atoms with van der Waals surface area (Å²) in [5.41, 5.74) is -0.449. The highest BCUT2D eigenvalue weighted by atomic mass is 16.4. The van der Waals surface area contributed by atoms with Crippen LogP contribution in [0.1, 0.15) is 27.2 Å². The first-order valence-electron chi connectivity index (χ1n) is 6.59. The van der Waals surface area contributed by atoms with Crippen molar-refractivity contribution in [1.82, 2.24) is 0 Å².